The number of halogens is 1. The largest absolute Gasteiger partial charge is 0.490 e. The predicted octanol–water partition coefficient (Wildman–Crippen LogP) is 5.03. The van der Waals surface area contributed by atoms with Gasteiger partial charge in [0, 0.05) is 11.8 Å². The summed E-state index contributed by atoms with van der Waals surface area (Å²) in [6.07, 6.45) is 9.65. The molecule has 0 radical (unpaired) electrons. The number of rotatable bonds is 3. The number of aryl methyl sites for hydroxylation is 1. The zero-order chi connectivity index (χ0) is 13.3. The highest BCUT2D eigenvalue weighted by Gasteiger charge is 2.36. The van der Waals surface area contributed by atoms with Crippen molar-refractivity contribution in [1.29, 1.82) is 0 Å². The SMILES string of the molecule is Cc1ccc2c(c1)CC(CC1(CBr)CCCCC1)O2. The third kappa shape index (κ3) is 2.84. The van der Waals surface area contributed by atoms with Gasteiger partial charge in [-0.2, -0.15) is 0 Å². The van der Waals surface area contributed by atoms with Crippen molar-refractivity contribution >= 4 is 15.9 Å². The van der Waals surface area contributed by atoms with Gasteiger partial charge < -0.3 is 4.74 Å². The van der Waals surface area contributed by atoms with Gasteiger partial charge >= 0.3 is 0 Å². The van der Waals surface area contributed by atoms with Gasteiger partial charge in [0.05, 0.1) is 0 Å². The molecular formula is C17H23BrO. The summed E-state index contributed by atoms with van der Waals surface area (Å²) in [7, 11) is 0. The highest BCUT2D eigenvalue weighted by molar-refractivity contribution is 9.09. The van der Waals surface area contributed by atoms with Crippen LogP contribution in [0.5, 0.6) is 5.75 Å². The van der Waals surface area contributed by atoms with Gasteiger partial charge in [-0.1, -0.05) is 52.9 Å². The second kappa shape index (κ2) is 5.47. The molecular weight excluding hydrogens is 300 g/mol. The fourth-order valence-electron chi connectivity index (χ4n) is 3.74. The number of hydrogen-bond acceptors (Lipinski definition) is 1. The maximum Gasteiger partial charge on any atom is 0.123 e. The third-order valence-corrected chi connectivity index (χ3v) is 6.01. The summed E-state index contributed by atoms with van der Waals surface area (Å²) in [6, 6.07) is 6.59. The average Bonchev–Trinajstić information content (AvgIpc) is 2.81. The minimum Gasteiger partial charge on any atom is -0.490 e. The Morgan fingerprint density at radius 1 is 1.26 bits per heavy atom. The molecule has 0 bridgehead atoms. The van der Waals surface area contributed by atoms with Gasteiger partial charge in [-0.25, -0.2) is 0 Å². The average molecular weight is 323 g/mol. The summed E-state index contributed by atoms with van der Waals surface area (Å²) >= 11 is 3.77. The van der Waals surface area contributed by atoms with E-state index in [0.717, 1.165) is 17.5 Å². The first kappa shape index (κ1) is 13.5. The van der Waals surface area contributed by atoms with Crippen LogP contribution in [-0.2, 0) is 6.42 Å². The molecule has 1 unspecified atom stereocenters. The van der Waals surface area contributed by atoms with Crippen LogP contribution in [0.2, 0.25) is 0 Å². The summed E-state index contributed by atoms with van der Waals surface area (Å²) in [4.78, 5) is 0. The second-order valence-electron chi connectivity index (χ2n) is 6.45. The highest BCUT2D eigenvalue weighted by Crippen LogP contribution is 2.44. The lowest BCUT2D eigenvalue weighted by atomic mass is 9.72. The Labute approximate surface area is 124 Å². The van der Waals surface area contributed by atoms with Crippen LogP contribution in [0.25, 0.3) is 0 Å². The topological polar surface area (TPSA) is 9.23 Å². The van der Waals surface area contributed by atoms with Gasteiger partial charge in [-0.3, -0.25) is 0 Å². The zero-order valence-electron chi connectivity index (χ0n) is 11.8. The Bertz CT molecular complexity index is 449. The van der Waals surface area contributed by atoms with Crippen molar-refractivity contribution in [3.8, 4) is 5.75 Å². The summed E-state index contributed by atoms with van der Waals surface area (Å²) in [5.74, 6) is 1.12. The van der Waals surface area contributed by atoms with Crippen LogP contribution in [0.3, 0.4) is 0 Å². The third-order valence-electron chi connectivity index (χ3n) is 4.82. The minimum absolute atomic E-state index is 0.396. The second-order valence-corrected chi connectivity index (χ2v) is 7.01. The lowest BCUT2D eigenvalue weighted by Crippen LogP contribution is -2.32. The van der Waals surface area contributed by atoms with Gasteiger partial charge in [0.15, 0.2) is 0 Å². The zero-order valence-corrected chi connectivity index (χ0v) is 13.3. The van der Waals surface area contributed by atoms with Crippen molar-refractivity contribution in [3.05, 3.63) is 29.3 Å². The van der Waals surface area contributed by atoms with E-state index in [4.69, 9.17) is 4.74 Å². The van der Waals surface area contributed by atoms with Crippen LogP contribution in [-0.4, -0.2) is 11.4 Å². The van der Waals surface area contributed by atoms with E-state index < -0.39 is 0 Å². The number of ether oxygens (including phenoxy) is 1. The van der Waals surface area contributed by atoms with Crippen molar-refractivity contribution in [2.45, 2.75) is 58.0 Å². The molecule has 0 saturated heterocycles. The maximum atomic E-state index is 6.17. The van der Waals surface area contributed by atoms with Crippen LogP contribution in [0.1, 0.15) is 49.7 Å². The first-order chi connectivity index (χ1) is 9.21. The first-order valence-corrected chi connectivity index (χ1v) is 8.65. The summed E-state index contributed by atoms with van der Waals surface area (Å²) in [5.41, 5.74) is 3.24. The Morgan fingerprint density at radius 2 is 2.05 bits per heavy atom. The molecule has 1 nitrogen and oxygen atoms in total. The Balaban J connectivity index is 1.69. The molecule has 0 aromatic heterocycles. The van der Waals surface area contributed by atoms with Crippen molar-refractivity contribution < 1.29 is 4.74 Å². The van der Waals surface area contributed by atoms with Crippen molar-refractivity contribution in [2.24, 2.45) is 5.41 Å². The van der Waals surface area contributed by atoms with Crippen molar-refractivity contribution in [1.82, 2.24) is 0 Å². The molecule has 0 spiro atoms. The summed E-state index contributed by atoms with van der Waals surface area (Å²) < 4.78 is 6.17. The molecule has 2 heteroatoms. The fraction of sp³-hybridized carbons (Fsp3) is 0.647. The molecule has 1 atom stereocenters. The van der Waals surface area contributed by atoms with E-state index in [9.17, 15) is 0 Å². The monoisotopic (exact) mass is 322 g/mol. The standard InChI is InChI=1S/C17H23BrO/c1-13-5-6-16-14(9-13)10-15(19-16)11-17(12-18)7-3-2-4-8-17/h5-6,9,15H,2-4,7-8,10-12H2,1H3. The van der Waals surface area contributed by atoms with Gasteiger partial charge in [-0.15, -0.1) is 0 Å². The molecule has 1 aromatic rings. The quantitative estimate of drug-likeness (QED) is 0.709. The molecule has 1 aliphatic heterocycles. The molecule has 1 heterocycles. The van der Waals surface area contributed by atoms with Gasteiger partial charge in [0.2, 0.25) is 0 Å². The highest BCUT2D eigenvalue weighted by atomic mass is 79.9. The van der Waals surface area contributed by atoms with Crippen LogP contribution >= 0.6 is 15.9 Å². The number of alkyl halides is 1. The minimum atomic E-state index is 0.396. The van der Waals surface area contributed by atoms with Crippen LogP contribution < -0.4 is 4.74 Å². The smallest absolute Gasteiger partial charge is 0.123 e. The van der Waals surface area contributed by atoms with Crippen LogP contribution in [0.15, 0.2) is 18.2 Å². The van der Waals surface area contributed by atoms with E-state index in [1.165, 1.54) is 49.7 Å². The van der Waals surface area contributed by atoms with E-state index in [0.29, 0.717) is 11.5 Å². The van der Waals surface area contributed by atoms with E-state index in [-0.39, 0.29) is 0 Å². The Morgan fingerprint density at radius 3 is 2.79 bits per heavy atom. The molecule has 104 valence electrons. The lowest BCUT2D eigenvalue weighted by Gasteiger charge is -2.37. The fourth-order valence-corrected chi connectivity index (χ4v) is 4.53. The summed E-state index contributed by atoms with van der Waals surface area (Å²) in [5, 5.41) is 1.13. The van der Waals surface area contributed by atoms with Gasteiger partial charge in [0.25, 0.3) is 0 Å². The van der Waals surface area contributed by atoms with E-state index in [2.05, 4.69) is 41.1 Å². The molecule has 19 heavy (non-hydrogen) atoms. The van der Waals surface area contributed by atoms with Gasteiger partial charge in [0.1, 0.15) is 11.9 Å². The molecule has 1 aliphatic carbocycles. The predicted molar refractivity (Wildman–Crippen MR) is 83.2 cm³/mol. The first-order valence-electron chi connectivity index (χ1n) is 7.53. The summed E-state index contributed by atoms with van der Waals surface area (Å²) in [6.45, 7) is 2.16. The normalized spacial score (nSPS) is 24.8. The molecule has 1 saturated carbocycles. The van der Waals surface area contributed by atoms with Crippen LogP contribution in [0.4, 0.5) is 0 Å². The van der Waals surface area contributed by atoms with Crippen LogP contribution in [0, 0.1) is 12.3 Å². The number of fused-ring (bicyclic) bond motifs is 1. The molecule has 0 N–H and O–H groups in total. The molecule has 2 aliphatic rings. The van der Waals surface area contributed by atoms with E-state index in [1.807, 2.05) is 0 Å². The molecule has 3 rings (SSSR count). The number of hydrogen-bond donors (Lipinski definition) is 0. The van der Waals surface area contributed by atoms with Gasteiger partial charge in [-0.05, 0) is 43.2 Å². The lowest BCUT2D eigenvalue weighted by molar-refractivity contribution is 0.116. The number of benzene rings is 1. The maximum absolute atomic E-state index is 6.17. The van der Waals surface area contributed by atoms with Crippen molar-refractivity contribution in [2.75, 3.05) is 5.33 Å². The Kier molecular flexibility index (Phi) is 3.88. The van der Waals surface area contributed by atoms with E-state index >= 15 is 0 Å². The van der Waals surface area contributed by atoms with E-state index in [1.54, 1.807) is 0 Å². The Hall–Kier alpha value is -0.500. The molecule has 1 fully saturated rings. The molecule has 1 aromatic carbocycles. The molecule has 0 amide bonds. The van der Waals surface area contributed by atoms with Crippen molar-refractivity contribution in [3.63, 3.8) is 0 Å².